The first-order chi connectivity index (χ1) is 14.9. The summed E-state index contributed by atoms with van der Waals surface area (Å²) < 4.78 is 38.2. The maximum atomic E-state index is 13.1. The summed E-state index contributed by atoms with van der Waals surface area (Å²) in [5.74, 6) is -0.116. The lowest BCUT2D eigenvalue weighted by Gasteiger charge is -2.26. The molecule has 3 heterocycles. The highest BCUT2D eigenvalue weighted by atomic mass is 32.2. The first kappa shape index (κ1) is 21.9. The van der Waals surface area contributed by atoms with Crippen LogP contribution in [0, 0.1) is 6.92 Å². The van der Waals surface area contributed by atoms with Crippen molar-refractivity contribution in [1.82, 2.24) is 9.29 Å². The Hall–Kier alpha value is -2.31. The van der Waals surface area contributed by atoms with Gasteiger partial charge in [0.2, 0.25) is 10.0 Å². The van der Waals surface area contributed by atoms with Crippen LogP contribution in [-0.2, 0) is 14.8 Å². The number of aromatic nitrogens is 1. The minimum Gasteiger partial charge on any atom is -0.495 e. The van der Waals surface area contributed by atoms with Gasteiger partial charge in [0.1, 0.15) is 20.5 Å². The lowest BCUT2D eigenvalue weighted by Crippen LogP contribution is -2.40. The summed E-state index contributed by atoms with van der Waals surface area (Å²) in [5.41, 5.74) is 1.96. The van der Waals surface area contributed by atoms with Gasteiger partial charge in [0.25, 0.3) is 5.91 Å². The van der Waals surface area contributed by atoms with Crippen molar-refractivity contribution in [2.24, 2.45) is 0 Å². The number of carbonyl (C=O) groups is 1. The van der Waals surface area contributed by atoms with Crippen LogP contribution < -0.4 is 10.1 Å². The standard InChI is InChI=1S/C20H21N3O5S3/c1-13-18(30-20(21-13)14-5-10-29-12-14)19(24)22-15-3-4-16(27-2)17(11-15)31(25,26)23-6-8-28-9-7-23/h3-5,10-12H,6-9H2,1-2H3,(H,22,24). The van der Waals surface area contributed by atoms with E-state index in [4.69, 9.17) is 9.47 Å². The summed E-state index contributed by atoms with van der Waals surface area (Å²) in [7, 11) is -2.38. The minimum atomic E-state index is -3.79. The van der Waals surface area contributed by atoms with Gasteiger partial charge in [-0.05, 0) is 36.6 Å². The summed E-state index contributed by atoms with van der Waals surface area (Å²) in [6.45, 7) is 3.01. The Morgan fingerprint density at radius 2 is 2.03 bits per heavy atom. The third-order valence-electron chi connectivity index (χ3n) is 4.78. The van der Waals surface area contributed by atoms with Crippen LogP contribution in [0.2, 0.25) is 0 Å². The van der Waals surface area contributed by atoms with E-state index >= 15 is 0 Å². The molecular formula is C20H21N3O5S3. The molecule has 0 atom stereocenters. The molecule has 1 fully saturated rings. The molecule has 0 aliphatic carbocycles. The molecule has 1 amide bonds. The Balaban J connectivity index is 1.61. The quantitative estimate of drug-likeness (QED) is 0.582. The highest BCUT2D eigenvalue weighted by Crippen LogP contribution is 2.32. The first-order valence-corrected chi connectivity index (χ1v) is 12.7. The normalized spacial score (nSPS) is 15.0. The van der Waals surface area contributed by atoms with Crippen LogP contribution in [0.5, 0.6) is 5.75 Å². The monoisotopic (exact) mass is 479 g/mol. The lowest BCUT2D eigenvalue weighted by molar-refractivity contribution is 0.0729. The fraction of sp³-hybridized carbons (Fsp3) is 0.300. The van der Waals surface area contributed by atoms with Gasteiger partial charge in [-0.3, -0.25) is 4.79 Å². The molecule has 11 heteroatoms. The molecule has 1 saturated heterocycles. The number of morpholine rings is 1. The van der Waals surface area contributed by atoms with Crippen LogP contribution in [0.15, 0.2) is 39.9 Å². The van der Waals surface area contributed by atoms with E-state index in [1.165, 1.54) is 28.8 Å². The predicted octanol–water partition coefficient (Wildman–Crippen LogP) is 3.46. The highest BCUT2D eigenvalue weighted by Gasteiger charge is 2.30. The van der Waals surface area contributed by atoms with Gasteiger partial charge in [-0.15, -0.1) is 11.3 Å². The summed E-state index contributed by atoms with van der Waals surface area (Å²) in [4.78, 5) is 17.9. The third kappa shape index (κ3) is 4.51. The lowest BCUT2D eigenvalue weighted by atomic mass is 10.3. The van der Waals surface area contributed by atoms with Crippen LogP contribution in [0.25, 0.3) is 10.6 Å². The smallest absolute Gasteiger partial charge is 0.267 e. The summed E-state index contributed by atoms with van der Waals surface area (Å²) >= 11 is 2.87. The van der Waals surface area contributed by atoms with Crippen LogP contribution in [-0.4, -0.2) is 57.0 Å². The van der Waals surface area contributed by atoms with Crippen molar-refractivity contribution in [2.75, 3.05) is 38.7 Å². The Bertz CT molecular complexity index is 1180. The first-order valence-electron chi connectivity index (χ1n) is 9.47. The topological polar surface area (TPSA) is 97.8 Å². The Morgan fingerprint density at radius 1 is 1.26 bits per heavy atom. The number of ether oxygens (including phenoxy) is 2. The summed E-state index contributed by atoms with van der Waals surface area (Å²) in [6.07, 6.45) is 0. The fourth-order valence-electron chi connectivity index (χ4n) is 3.19. The zero-order valence-electron chi connectivity index (χ0n) is 17.0. The van der Waals surface area contributed by atoms with E-state index in [-0.39, 0.29) is 29.6 Å². The molecule has 164 valence electrons. The molecule has 0 radical (unpaired) electrons. The number of hydrogen-bond donors (Lipinski definition) is 1. The number of benzene rings is 1. The van der Waals surface area contributed by atoms with Gasteiger partial charge in [-0.2, -0.15) is 15.6 Å². The van der Waals surface area contributed by atoms with Crippen LogP contribution in [0.4, 0.5) is 5.69 Å². The second kappa shape index (κ2) is 9.05. The molecule has 0 unspecified atom stereocenters. The number of thiazole rings is 1. The van der Waals surface area contributed by atoms with Gasteiger partial charge < -0.3 is 14.8 Å². The zero-order valence-corrected chi connectivity index (χ0v) is 19.4. The Labute approximate surface area is 188 Å². The molecule has 1 aliphatic rings. The average Bonchev–Trinajstić information content (AvgIpc) is 3.44. The molecule has 31 heavy (non-hydrogen) atoms. The van der Waals surface area contributed by atoms with Crippen molar-refractivity contribution in [3.8, 4) is 16.3 Å². The average molecular weight is 480 g/mol. The number of aryl methyl sites for hydroxylation is 1. The molecule has 3 aromatic rings. The zero-order chi connectivity index (χ0) is 22.0. The van der Waals surface area contributed by atoms with Crippen molar-refractivity contribution in [3.63, 3.8) is 0 Å². The van der Waals surface area contributed by atoms with E-state index < -0.39 is 10.0 Å². The van der Waals surface area contributed by atoms with Crippen LogP contribution in [0.3, 0.4) is 0 Å². The van der Waals surface area contributed by atoms with Crippen molar-refractivity contribution in [3.05, 3.63) is 45.6 Å². The van der Waals surface area contributed by atoms with Crippen molar-refractivity contribution in [1.29, 1.82) is 0 Å². The molecule has 1 N–H and O–H groups in total. The van der Waals surface area contributed by atoms with Gasteiger partial charge >= 0.3 is 0 Å². The minimum absolute atomic E-state index is 0.00897. The highest BCUT2D eigenvalue weighted by molar-refractivity contribution is 7.89. The SMILES string of the molecule is COc1ccc(NC(=O)c2sc(-c3ccsc3)nc2C)cc1S(=O)(=O)N1CCOCC1. The molecule has 0 bridgehead atoms. The second-order valence-electron chi connectivity index (χ2n) is 6.78. The number of nitrogens with one attached hydrogen (secondary N) is 1. The number of amides is 1. The maximum absolute atomic E-state index is 13.1. The van der Waals surface area contributed by atoms with Gasteiger partial charge in [0.05, 0.1) is 26.0 Å². The molecule has 1 aromatic carbocycles. The van der Waals surface area contributed by atoms with E-state index in [9.17, 15) is 13.2 Å². The summed E-state index contributed by atoms with van der Waals surface area (Å²) in [6, 6.07) is 6.54. The summed E-state index contributed by atoms with van der Waals surface area (Å²) in [5, 5.41) is 7.50. The maximum Gasteiger partial charge on any atom is 0.267 e. The third-order valence-corrected chi connectivity index (χ3v) is 8.59. The number of sulfonamides is 1. The molecule has 0 spiro atoms. The van der Waals surface area contributed by atoms with E-state index in [0.29, 0.717) is 29.5 Å². The van der Waals surface area contributed by atoms with Gasteiger partial charge in [-0.1, -0.05) is 0 Å². The van der Waals surface area contributed by atoms with Gasteiger partial charge in [0, 0.05) is 29.7 Å². The molecular weight excluding hydrogens is 458 g/mol. The number of rotatable bonds is 6. The largest absolute Gasteiger partial charge is 0.495 e. The van der Waals surface area contributed by atoms with Gasteiger partial charge in [-0.25, -0.2) is 13.4 Å². The van der Waals surface area contributed by atoms with Crippen LogP contribution >= 0.6 is 22.7 Å². The van der Waals surface area contributed by atoms with E-state index in [1.54, 1.807) is 30.4 Å². The molecule has 1 aliphatic heterocycles. The number of carbonyl (C=O) groups excluding carboxylic acids is 1. The van der Waals surface area contributed by atoms with E-state index in [0.717, 1.165) is 10.6 Å². The van der Waals surface area contributed by atoms with Crippen molar-refractivity contribution < 1.29 is 22.7 Å². The molecule has 8 nitrogen and oxygen atoms in total. The molecule has 2 aromatic heterocycles. The number of thiophene rings is 1. The van der Waals surface area contributed by atoms with E-state index in [2.05, 4.69) is 10.3 Å². The fourth-order valence-corrected chi connectivity index (χ4v) is 6.45. The van der Waals surface area contributed by atoms with Gasteiger partial charge in [0.15, 0.2) is 0 Å². The number of nitrogens with zero attached hydrogens (tertiary/aromatic N) is 2. The van der Waals surface area contributed by atoms with Crippen LogP contribution in [0.1, 0.15) is 15.4 Å². The molecule has 4 rings (SSSR count). The number of methoxy groups -OCH3 is 1. The molecule has 0 saturated carbocycles. The predicted molar refractivity (Wildman–Crippen MR) is 121 cm³/mol. The van der Waals surface area contributed by atoms with Crippen molar-refractivity contribution >= 4 is 44.3 Å². The number of hydrogen-bond acceptors (Lipinski definition) is 8. The van der Waals surface area contributed by atoms with E-state index in [1.807, 2.05) is 16.8 Å². The van der Waals surface area contributed by atoms with Crippen molar-refractivity contribution in [2.45, 2.75) is 11.8 Å². The Kier molecular flexibility index (Phi) is 6.39. The number of anilines is 1. The Morgan fingerprint density at radius 3 is 2.71 bits per heavy atom. The second-order valence-corrected chi connectivity index (χ2v) is 10.5.